The number of halogens is 1. The monoisotopic (exact) mass is 424 g/mol. The standard InChI is InChI=1S/C23H21ClN2O2S/c1-14-7-12-18-19(13-14)29-23(26-21(27)15-5-3-2-4-6-15)20(18)22(28)25-17-10-8-16(24)9-11-17/h2-6,8-11,14H,7,12-13H2,1H3,(H,25,28)(H,26,27)/t14-/m0/s1. The van der Waals surface area contributed by atoms with Gasteiger partial charge in [0, 0.05) is 21.2 Å². The molecule has 3 aromatic rings. The van der Waals surface area contributed by atoms with Crippen LogP contribution in [0.1, 0.15) is 44.5 Å². The number of hydrogen-bond acceptors (Lipinski definition) is 3. The summed E-state index contributed by atoms with van der Waals surface area (Å²) in [5.74, 6) is 0.159. The van der Waals surface area contributed by atoms with E-state index in [-0.39, 0.29) is 11.8 Å². The second kappa shape index (κ2) is 8.39. The Bertz CT molecular complexity index is 1040. The average molecular weight is 425 g/mol. The molecule has 0 fully saturated rings. The van der Waals surface area contributed by atoms with Crippen LogP contribution in [0.25, 0.3) is 0 Å². The molecule has 0 bridgehead atoms. The normalized spacial score (nSPS) is 15.4. The Labute approximate surface area is 178 Å². The van der Waals surface area contributed by atoms with E-state index in [9.17, 15) is 9.59 Å². The number of anilines is 2. The van der Waals surface area contributed by atoms with E-state index in [4.69, 9.17) is 11.6 Å². The summed E-state index contributed by atoms with van der Waals surface area (Å²) in [7, 11) is 0. The highest BCUT2D eigenvalue weighted by molar-refractivity contribution is 7.17. The van der Waals surface area contributed by atoms with Crippen molar-refractivity contribution in [2.45, 2.75) is 26.2 Å². The van der Waals surface area contributed by atoms with Crippen molar-refractivity contribution in [1.29, 1.82) is 0 Å². The molecule has 2 aromatic carbocycles. The highest BCUT2D eigenvalue weighted by atomic mass is 35.5. The zero-order valence-electron chi connectivity index (χ0n) is 16.0. The number of carbonyl (C=O) groups excluding carboxylic acids is 2. The van der Waals surface area contributed by atoms with Gasteiger partial charge in [0.2, 0.25) is 0 Å². The van der Waals surface area contributed by atoms with E-state index in [1.54, 1.807) is 36.4 Å². The molecule has 0 saturated heterocycles. The summed E-state index contributed by atoms with van der Waals surface area (Å²) < 4.78 is 0. The molecule has 1 heterocycles. The quantitative estimate of drug-likeness (QED) is 0.537. The molecule has 1 aliphatic rings. The van der Waals surface area contributed by atoms with Gasteiger partial charge >= 0.3 is 0 Å². The van der Waals surface area contributed by atoms with Crippen molar-refractivity contribution in [1.82, 2.24) is 0 Å². The van der Waals surface area contributed by atoms with Crippen molar-refractivity contribution in [2.75, 3.05) is 10.6 Å². The molecule has 0 saturated carbocycles. The average Bonchev–Trinajstić information content (AvgIpc) is 3.07. The largest absolute Gasteiger partial charge is 0.322 e. The lowest BCUT2D eigenvalue weighted by atomic mass is 9.88. The molecule has 4 nitrogen and oxygen atoms in total. The number of benzene rings is 2. The summed E-state index contributed by atoms with van der Waals surface area (Å²) >= 11 is 7.45. The summed E-state index contributed by atoms with van der Waals surface area (Å²) in [4.78, 5) is 27.1. The molecule has 1 aliphatic carbocycles. The minimum absolute atomic E-state index is 0.206. The van der Waals surface area contributed by atoms with Crippen molar-refractivity contribution in [2.24, 2.45) is 5.92 Å². The Morgan fingerprint density at radius 1 is 1.00 bits per heavy atom. The van der Waals surface area contributed by atoms with Gasteiger partial charge < -0.3 is 10.6 Å². The smallest absolute Gasteiger partial charge is 0.258 e. The maximum atomic E-state index is 13.2. The summed E-state index contributed by atoms with van der Waals surface area (Å²) in [6.45, 7) is 2.22. The first-order valence-electron chi connectivity index (χ1n) is 9.59. The number of nitrogens with one attached hydrogen (secondary N) is 2. The Balaban J connectivity index is 1.66. The van der Waals surface area contributed by atoms with Crippen molar-refractivity contribution in [3.63, 3.8) is 0 Å². The van der Waals surface area contributed by atoms with E-state index < -0.39 is 0 Å². The number of carbonyl (C=O) groups is 2. The van der Waals surface area contributed by atoms with Gasteiger partial charge in [-0.15, -0.1) is 11.3 Å². The van der Waals surface area contributed by atoms with Crippen LogP contribution < -0.4 is 10.6 Å². The third-order valence-electron chi connectivity index (χ3n) is 5.10. The molecule has 6 heteroatoms. The van der Waals surface area contributed by atoms with Gasteiger partial charge in [-0.2, -0.15) is 0 Å². The van der Waals surface area contributed by atoms with E-state index in [0.717, 1.165) is 24.8 Å². The lowest BCUT2D eigenvalue weighted by Gasteiger charge is -2.18. The fraction of sp³-hybridized carbons (Fsp3) is 0.217. The minimum Gasteiger partial charge on any atom is -0.322 e. The van der Waals surface area contributed by atoms with Crippen molar-refractivity contribution >= 4 is 45.4 Å². The second-order valence-corrected chi connectivity index (χ2v) is 8.88. The molecular weight excluding hydrogens is 404 g/mol. The van der Waals surface area contributed by atoms with Crippen molar-refractivity contribution in [3.8, 4) is 0 Å². The SMILES string of the molecule is C[C@H]1CCc2c(sc(NC(=O)c3ccccc3)c2C(=O)Nc2ccc(Cl)cc2)C1. The predicted molar refractivity (Wildman–Crippen MR) is 119 cm³/mol. The van der Waals surface area contributed by atoms with Crippen molar-refractivity contribution in [3.05, 3.63) is 81.2 Å². The third kappa shape index (κ3) is 4.36. The van der Waals surface area contributed by atoms with Gasteiger partial charge in [0.25, 0.3) is 11.8 Å². The number of hydrogen-bond donors (Lipinski definition) is 2. The van der Waals surface area contributed by atoms with Gasteiger partial charge in [-0.05, 0) is 67.1 Å². The number of thiophene rings is 1. The van der Waals surface area contributed by atoms with E-state index in [2.05, 4.69) is 17.6 Å². The van der Waals surface area contributed by atoms with E-state index in [1.807, 2.05) is 18.2 Å². The van der Waals surface area contributed by atoms with Crippen LogP contribution in [0.4, 0.5) is 10.7 Å². The minimum atomic E-state index is -0.210. The van der Waals surface area contributed by atoms with E-state index >= 15 is 0 Å². The molecule has 2 amide bonds. The Hall–Kier alpha value is -2.63. The van der Waals surface area contributed by atoms with Gasteiger partial charge in [0.05, 0.1) is 5.56 Å². The fourth-order valence-corrected chi connectivity index (χ4v) is 5.10. The first kappa shape index (κ1) is 19.7. The molecule has 2 N–H and O–H groups in total. The van der Waals surface area contributed by atoms with E-state index in [1.165, 1.54) is 16.2 Å². The Kier molecular flexibility index (Phi) is 5.69. The Morgan fingerprint density at radius 2 is 1.72 bits per heavy atom. The van der Waals surface area contributed by atoms with Crippen LogP contribution in [0.15, 0.2) is 54.6 Å². The van der Waals surface area contributed by atoms with Gasteiger partial charge in [-0.3, -0.25) is 9.59 Å². The molecular formula is C23H21ClN2O2S. The highest BCUT2D eigenvalue weighted by Crippen LogP contribution is 2.40. The maximum Gasteiger partial charge on any atom is 0.258 e. The molecule has 148 valence electrons. The van der Waals surface area contributed by atoms with Crippen molar-refractivity contribution < 1.29 is 9.59 Å². The van der Waals surface area contributed by atoms with Gasteiger partial charge in [0.15, 0.2) is 0 Å². The number of rotatable bonds is 4. The highest BCUT2D eigenvalue weighted by Gasteiger charge is 2.28. The lowest BCUT2D eigenvalue weighted by molar-refractivity contribution is 0.102. The molecule has 1 aromatic heterocycles. The molecule has 1 atom stereocenters. The van der Waals surface area contributed by atoms with Crippen LogP contribution in [0.5, 0.6) is 0 Å². The summed E-state index contributed by atoms with van der Waals surface area (Å²) in [5, 5.41) is 7.14. The van der Waals surface area contributed by atoms with Gasteiger partial charge in [-0.1, -0.05) is 36.7 Å². The van der Waals surface area contributed by atoms with Crippen LogP contribution in [0.3, 0.4) is 0 Å². The first-order valence-corrected chi connectivity index (χ1v) is 10.8. The first-order chi connectivity index (χ1) is 14.0. The van der Waals surface area contributed by atoms with Crippen LogP contribution >= 0.6 is 22.9 Å². The molecule has 4 rings (SSSR count). The van der Waals surface area contributed by atoms with Gasteiger partial charge in [-0.25, -0.2) is 0 Å². The molecule has 29 heavy (non-hydrogen) atoms. The lowest BCUT2D eigenvalue weighted by Crippen LogP contribution is -2.19. The zero-order chi connectivity index (χ0) is 20.4. The zero-order valence-corrected chi connectivity index (χ0v) is 17.6. The van der Waals surface area contributed by atoms with Crippen LogP contribution in [-0.4, -0.2) is 11.8 Å². The number of fused-ring (bicyclic) bond motifs is 1. The molecule has 0 unspecified atom stereocenters. The molecule has 0 aliphatic heterocycles. The summed E-state index contributed by atoms with van der Waals surface area (Å²) in [6, 6.07) is 16.0. The van der Waals surface area contributed by atoms with E-state index in [0.29, 0.717) is 32.8 Å². The van der Waals surface area contributed by atoms with Crippen LogP contribution in [0.2, 0.25) is 5.02 Å². The number of amides is 2. The summed E-state index contributed by atoms with van der Waals surface area (Å²) in [6.07, 6.45) is 2.82. The third-order valence-corrected chi connectivity index (χ3v) is 6.53. The fourth-order valence-electron chi connectivity index (χ4n) is 3.57. The molecule has 0 spiro atoms. The Morgan fingerprint density at radius 3 is 2.45 bits per heavy atom. The summed E-state index contributed by atoms with van der Waals surface area (Å²) in [5.41, 5.74) is 2.87. The van der Waals surface area contributed by atoms with Crippen LogP contribution in [0, 0.1) is 5.92 Å². The second-order valence-electron chi connectivity index (χ2n) is 7.34. The topological polar surface area (TPSA) is 58.2 Å². The van der Waals surface area contributed by atoms with Crippen LogP contribution in [-0.2, 0) is 12.8 Å². The predicted octanol–water partition coefficient (Wildman–Crippen LogP) is 6.03. The maximum absolute atomic E-state index is 13.2. The molecule has 0 radical (unpaired) electrons. The van der Waals surface area contributed by atoms with Gasteiger partial charge in [0.1, 0.15) is 5.00 Å².